The van der Waals surface area contributed by atoms with Crippen LogP contribution in [0.5, 0.6) is 0 Å². The molecule has 0 saturated heterocycles. The van der Waals surface area contributed by atoms with Crippen LogP contribution in [0.25, 0.3) is 0 Å². The molecule has 1 aromatic heterocycles. The van der Waals surface area contributed by atoms with E-state index in [4.69, 9.17) is 4.74 Å². The first-order valence-corrected chi connectivity index (χ1v) is 8.14. The van der Waals surface area contributed by atoms with Crippen molar-refractivity contribution in [3.05, 3.63) is 42.2 Å². The predicted octanol–water partition coefficient (Wildman–Crippen LogP) is 0.720. The SMILES string of the molecule is CN(C)S(=O)(=O)c1cccc(C(=O)OCC(=O)Nc2ccon2)c1. The van der Waals surface area contributed by atoms with Crippen molar-refractivity contribution < 1.29 is 27.3 Å². The Hall–Kier alpha value is -2.72. The van der Waals surface area contributed by atoms with Crippen LogP contribution >= 0.6 is 0 Å². The molecule has 1 aromatic carbocycles. The van der Waals surface area contributed by atoms with Gasteiger partial charge in [-0.25, -0.2) is 17.5 Å². The van der Waals surface area contributed by atoms with Crippen LogP contribution in [-0.2, 0) is 19.6 Å². The van der Waals surface area contributed by atoms with E-state index in [2.05, 4.69) is 15.0 Å². The molecule has 0 spiro atoms. The fraction of sp³-hybridized carbons (Fsp3) is 0.214. The molecule has 0 aliphatic heterocycles. The maximum absolute atomic E-state index is 12.0. The summed E-state index contributed by atoms with van der Waals surface area (Å²) in [5, 5.41) is 5.83. The van der Waals surface area contributed by atoms with Crippen molar-refractivity contribution in [2.75, 3.05) is 26.0 Å². The average Bonchev–Trinajstić information content (AvgIpc) is 3.05. The van der Waals surface area contributed by atoms with Gasteiger partial charge in [0.25, 0.3) is 5.91 Å². The minimum atomic E-state index is -3.67. The van der Waals surface area contributed by atoms with Gasteiger partial charge in [0, 0.05) is 20.2 Å². The first kappa shape index (κ1) is 17.6. The van der Waals surface area contributed by atoms with E-state index in [9.17, 15) is 18.0 Å². The van der Waals surface area contributed by atoms with E-state index in [-0.39, 0.29) is 16.3 Å². The molecule has 2 rings (SSSR count). The second kappa shape index (κ2) is 7.23. The van der Waals surface area contributed by atoms with E-state index in [1.54, 1.807) is 0 Å². The highest BCUT2D eigenvalue weighted by Gasteiger charge is 2.19. The molecule has 0 unspecified atom stereocenters. The minimum Gasteiger partial charge on any atom is -0.452 e. The third-order valence-electron chi connectivity index (χ3n) is 2.89. The van der Waals surface area contributed by atoms with Crippen molar-refractivity contribution in [1.82, 2.24) is 9.46 Å². The molecule has 128 valence electrons. The van der Waals surface area contributed by atoms with Gasteiger partial charge in [-0.1, -0.05) is 11.2 Å². The molecule has 10 heteroatoms. The molecule has 2 aromatic rings. The monoisotopic (exact) mass is 353 g/mol. The van der Waals surface area contributed by atoms with Gasteiger partial charge < -0.3 is 14.6 Å². The molecular formula is C14H15N3O6S. The summed E-state index contributed by atoms with van der Waals surface area (Å²) in [5.41, 5.74) is 0.0205. The molecule has 0 aliphatic carbocycles. The first-order valence-electron chi connectivity index (χ1n) is 6.70. The highest BCUT2D eigenvalue weighted by molar-refractivity contribution is 7.89. The molecule has 1 heterocycles. The van der Waals surface area contributed by atoms with E-state index < -0.39 is 28.5 Å². The number of nitrogens with zero attached hydrogens (tertiary/aromatic N) is 2. The fourth-order valence-corrected chi connectivity index (χ4v) is 2.61. The number of aromatic nitrogens is 1. The Labute approximate surface area is 138 Å². The van der Waals surface area contributed by atoms with Gasteiger partial charge in [-0.2, -0.15) is 0 Å². The Morgan fingerprint density at radius 2 is 2.04 bits per heavy atom. The molecule has 0 saturated carbocycles. The lowest BCUT2D eigenvalue weighted by Gasteiger charge is -2.12. The number of esters is 1. The number of ether oxygens (including phenoxy) is 1. The summed E-state index contributed by atoms with van der Waals surface area (Å²) in [6.07, 6.45) is 1.28. The van der Waals surface area contributed by atoms with Crippen molar-refractivity contribution in [2.24, 2.45) is 0 Å². The second-order valence-electron chi connectivity index (χ2n) is 4.82. The highest BCUT2D eigenvalue weighted by Crippen LogP contribution is 2.15. The van der Waals surface area contributed by atoms with Gasteiger partial charge in [-0.05, 0) is 18.2 Å². The number of nitrogens with one attached hydrogen (secondary N) is 1. The predicted molar refractivity (Wildman–Crippen MR) is 82.7 cm³/mol. The summed E-state index contributed by atoms with van der Waals surface area (Å²) in [6.45, 7) is -0.545. The third-order valence-corrected chi connectivity index (χ3v) is 4.70. The highest BCUT2D eigenvalue weighted by atomic mass is 32.2. The number of rotatable bonds is 6. The lowest BCUT2D eigenvalue weighted by molar-refractivity contribution is -0.119. The first-order chi connectivity index (χ1) is 11.3. The largest absolute Gasteiger partial charge is 0.452 e. The molecule has 24 heavy (non-hydrogen) atoms. The maximum atomic E-state index is 12.0. The molecule has 0 radical (unpaired) electrons. The molecule has 0 fully saturated rings. The molecule has 0 aliphatic rings. The van der Waals surface area contributed by atoms with Gasteiger partial charge in [0.15, 0.2) is 12.4 Å². The van der Waals surface area contributed by atoms with Crippen molar-refractivity contribution in [2.45, 2.75) is 4.90 Å². The number of carbonyl (C=O) groups is 2. The van der Waals surface area contributed by atoms with Gasteiger partial charge in [-0.15, -0.1) is 0 Å². The van der Waals surface area contributed by atoms with Gasteiger partial charge in [0.1, 0.15) is 6.26 Å². The van der Waals surface area contributed by atoms with Crippen molar-refractivity contribution >= 4 is 27.7 Å². The quantitative estimate of drug-likeness (QED) is 0.760. The summed E-state index contributed by atoms with van der Waals surface area (Å²) in [5.74, 6) is -1.23. The van der Waals surface area contributed by atoms with Crippen molar-refractivity contribution in [3.63, 3.8) is 0 Å². The molecule has 1 amide bonds. The zero-order valence-corrected chi connectivity index (χ0v) is 13.7. The summed E-state index contributed by atoms with van der Waals surface area (Å²) < 4.78 is 34.5. The zero-order valence-electron chi connectivity index (χ0n) is 12.9. The number of anilines is 1. The average molecular weight is 353 g/mol. The van der Waals surface area contributed by atoms with E-state index in [0.717, 1.165) is 4.31 Å². The number of amides is 1. The minimum absolute atomic E-state index is 0.0205. The Kier molecular flexibility index (Phi) is 5.31. The van der Waals surface area contributed by atoms with E-state index in [1.165, 1.54) is 50.7 Å². The molecule has 1 N–H and O–H groups in total. The zero-order chi connectivity index (χ0) is 17.7. The smallest absolute Gasteiger partial charge is 0.338 e. The third kappa shape index (κ3) is 4.18. The Morgan fingerprint density at radius 1 is 1.29 bits per heavy atom. The Morgan fingerprint density at radius 3 is 2.67 bits per heavy atom. The standard InChI is InChI=1S/C14H15N3O6S/c1-17(2)24(20,21)11-5-3-4-10(8-11)14(19)22-9-13(18)15-12-6-7-23-16-12/h3-8H,9H2,1-2H3,(H,15,16,18). The molecule has 0 bridgehead atoms. The number of hydrogen-bond donors (Lipinski definition) is 1. The number of hydrogen-bond acceptors (Lipinski definition) is 7. The van der Waals surface area contributed by atoms with Crippen LogP contribution in [0.15, 0.2) is 46.0 Å². The summed E-state index contributed by atoms with van der Waals surface area (Å²) in [4.78, 5) is 23.5. The normalized spacial score (nSPS) is 11.3. The topological polar surface area (TPSA) is 119 Å². The summed E-state index contributed by atoms with van der Waals surface area (Å²) >= 11 is 0. The number of benzene rings is 1. The van der Waals surface area contributed by atoms with Crippen LogP contribution in [0.4, 0.5) is 5.82 Å². The van der Waals surface area contributed by atoms with Crippen LogP contribution in [0.2, 0.25) is 0 Å². The second-order valence-corrected chi connectivity index (χ2v) is 6.98. The molecule has 9 nitrogen and oxygen atoms in total. The van der Waals surface area contributed by atoms with Gasteiger partial charge in [0.05, 0.1) is 10.5 Å². The van der Waals surface area contributed by atoms with Crippen LogP contribution in [0, 0.1) is 0 Å². The lowest BCUT2D eigenvalue weighted by Crippen LogP contribution is -2.23. The van der Waals surface area contributed by atoms with Gasteiger partial charge in [0.2, 0.25) is 10.0 Å². The van der Waals surface area contributed by atoms with Crippen molar-refractivity contribution in [3.8, 4) is 0 Å². The molecular weight excluding hydrogens is 338 g/mol. The molecule has 0 atom stereocenters. The summed E-state index contributed by atoms with van der Waals surface area (Å²) in [7, 11) is -0.904. The van der Waals surface area contributed by atoms with E-state index in [1.807, 2.05) is 0 Å². The van der Waals surface area contributed by atoms with E-state index in [0.29, 0.717) is 0 Å². The van der Waals surface area contributed by atoms with Crippen LogP contribution in [0.1, 0.15) is 10.4 Å². The van der Waals surface area contributed by atoms with Crippen LogP contribution < -0.4 is 5.32 Å². The van der Waals surface area contributed by atoms with Gasteiger partial charge >= 0.3 is 5.97 Å². The maximum Gasteiger partial charge on any atom is 0.338 e. The van der Waals surface area contributed by atoms with Crippen LogP contribution in [0.3, 0.4) is 0 Å². The van der Waals surface area contributed by atoms with Crippen molar-refractivity contribution in [1.29, 1.82) is 0 Å². The number of carbonyl (C=O) groups excluding carboxylic acids is 2. The number of sulfonamides is 1. The Balaban J connectivity index is 2.01. The fourth-order valence-electron chi connectivity index (χ4n) is 1.66. The van der Waals surface area contributed by atoms with E-state index >= 15 is 0 Å². The summed E-state index contributed by atoms with van der Waals surface area (Å²) in [6, 6.07) is 6.79. The van der Waals surface area contributed by atoms with Crippen LogP contribution in [-0.4, -0.2) is 50.5 Å². The van der Waals surface area contributed by atoms with Gasteiger partial charge in [-0.3, -0.25) is 4.79 Å². The Bertz CT molecular complexity index is 830. The lowest BCUT2D eigenvalue weighted by atomic mass is 10.2.